The number of halogens is 3. The Kier molecular flexibility index (Phi) is 2.27. The van der Waals surface area contributed by atoms with Crippen molar-refractivity contribution >= 4 is 5.91 Å². The van der Waals surface area contributed by atoms with E-state index in [-0.39, 0.29) is 13.2 Å². The summed E-state index contributed by atoms with van der Waals surface area (Å²) in [5, 5.41) is 0. The Labute approximate surface area is 67.7 Å². The van der Waals surface area contributed by atoms with Crippen LogP contribution in [-0.4, -0.2) is 48.7 Å². The van der Waals surface area contributed by atoms with Crippen LogP contribution in [0.4, 0.5) is 13.2 Å². The SMILES string of the molecule is CN1CC(=O)N(CC(F)(F)F)C1. The maximum Gasteiger partial charge on any atom is 0.406 e. The molecule has 0 saturated carbocycles. The summed E-state index contributed by atoms with van der Waals surface area (Å²) in [6.45, 7) is -0.995. The van der Waals surface area contributed by atoms with E-state index >= 15 is 0 Å². The minimum absolute atomic E-state index is 0.0678. The molecule has 12 heavy (non-hydrogen) atoms. The number of hydrogen-bond donors (Lipinski definition) is 0. The van der Waals surface area contributed by atoms with Gasteiger partial charge in [0, 0.05) is 0 Å². The van der Waals surface area contributed by atoms with Crippen LogP contribution in [0.3, 0.4) is 0 Å². The normalized spacial score (nSPS) is 20.7. The van der Waals surface area contributed by atoms with E-state index in [1.165, 1.54) is 4.90 Å². The van der Waals surface area contributed by atoms with Crippen LogP contribution in [0.25, 0.3) is 0 Å². The summed E-state index contributed by atoms with van der Waals surface area (Å²) in [4.78, 5) is 13.2. The average Bonchev–Trinajstić information content (AvgIpc) is 2.06. The lowest BCUT2D eigenvalue weighted by molar-refractivity contribution is -0.157. The molecule has 0 N–H and O–H groups in total. The minimum atomic E-state index is -4.29. The van der Waals surface area contributed by atoms with Crippen molar-refractivity contribution in [3.63, 3.8) is 0 Å². The Morgan fingerprint density at radius 2 is 2.08 bits per heavy atom. The minimum Gasteiger partial charge on any atom is -0.319 e. The molecule has 1 saturated heterocycles. The van der Waals surface area contributed by atoms with Gasteiger partial charge in [-0.3, -0.25) is 9.69 Å². The molecule has 1 heterocycles. The van der Waals surface area contributed by atoms with Crippen molar-refractivity contribution < 1.29 is 18.0 Å². The molecule has 0 aromatic heterocycles. The summed E-state index contributed by atoms with van der Waals surface area (Å²) in [5.41, 5.74) is 0. The average molecular weight is 182 g/mol. The lowest BCUT2D eigenvalue weighted by atomic mass is 10.5. The summed E-state index contributed by atoms with van der Waals surface area (Å²) < 4.78 is 35.4. The van der Waals surface area contributed by atoms with E-state index in [0.717, 1.165) is 4.90 Å². The number of alkyl halides is 3. The molecule has 0 aliphatic carbocycles. The van der Waals surface area contributed by atoms with Crippen molar-refractivity contribution in [2.24, 2.45) is 0 Å². The Hall–Kier alpha value is -0.780. The molecule has 1 fully saturated rings. The van der Waals surface area contributed by atoms with E-state index in [9.17, 15) is 18.0 Å². The van der Waals surface area contributed by atoms with Gasteiger partial charge in [0.25, 0.3) is 0 Å². The van der Waals surface area contributed by atoms with Crippen molar-refractivity contribution in [2.45, 2.75) is 6.18 Å². The summed E-state index contributed by atoms with van der Waals surface area (Å²) in [5.74, 6) is -0.463. The van der Waals surface area contributed by atoms with Crippen LogP contribution in [0.5, 0.6) is 0 Å². The fourth-order valence-corrected chi connectivity index (χ4v) is 1.11. The van der Waals surface area contributed by atoms with E-state index in [1.807, 2.05) is 0 Å². The third kappa shape index (κ3) is 2.37. The maximum absolute atomic E-state index is 11.8. The molecule has 1 aliphatic heterocycles. The third-order valence-electron chi connectivity index (χ3n) is 1.54. The molecule has 0 aromatic rings. The summed E-state index contributed by atoms with van der Waals surface area (Å²) in [7, 11) is 1.61. The van der Waals surface area contributed by atoms with Crippen LogP contribution >= 0.6 is 0 Å². The highest BCUT2D eigenvalue weighted by atomic mass is 19.4. The predicted octanol–water partition coefficient (Wildman–Crippen LogP) is 0.280. The Bertz CT molecular complexity index is 192. The van der Waals surface area contributed by atoms with Crippen molar-refractivity contribution in [1.29, 1.82) is 0 Å². The molecule has 0 aromatic carbocycles. The first-order chi connectivity index (χ1) is 5.38. The summed E-state index contributed by atoms with van der Waals surface area (Å²) in [6, 6.07) is 0. The van der Waals surface area contributed by atoms with Crippen LogP contribution in [0, 0.1) is 0 Å². The van der Waals surface area contributed by atoms with Crippen LogP contribution in [0.1, 0.15) is 0 Å². The lowest BCUT2D eigenvalue weighted by Crippen LogP contribution is -2.36. The molecular weight excluding hydrogens is 173 g/mol. The second-order valence-corrected chi connectivity index (χ2v) is 2.86. The highest BCUT2D eigenvalue weighted by molar-refractivity contribution is 5.80. The molecule has 0 radical (unpaired) electrons. The quantitative estimate of drug-likeness (QED) is 0.581. The Balaban J connectivity index is 2.49. The first-order valence-electron chi connectivity index (χ1n) is 3.41. The van der Waals surface area contributed by atoms with Crippen molar-refractivity contribution in [3.8, 4) is 0 Å². The predicted molar refractivity (Wildman–Crippen MR) is 35.3 cm³/mol. The van der Waals surface area contributed by atoms with Crippen LogP contribution in [0.15, 0.2) is 0 Å². The standard InChI is InChI=1S/C6H9F3N2O/c1-10-2-5(12)11(4-10)3-6(7,8)9/h2-4H2,1H3. The van der Waals surface area contributed by atoms with Gasteiger partial charge in [-0.1, -0.05) is 0 Å². The number of likely N-dealkylation sites (N-methyl/N-ethyl adjacent to an activating group) is 1. The smallest absolute Gasteiger partial charge is 0.319 e. The van der Waals surface area contributed by atoms with Gasteiger partial charge in [0.1, 0.15) is 6.54 Å². The fourth-order valence-electron chi connectivity index (χ4n) is 1.11. The molecule has 1 amide bonds. The van der Waals surface area contributed by atoms with Gasteiger partial charge >= 0.3 is 6.18 Å². The highest BCUT2D eigenvalue weighted by Crippen LogP contribution is 2.18. The molecule has 0 bridgehead atoms. The van der Waals surface area contributed by atoms with E-state index in [4.69, 9.17) is 0 Å². The van der Waals surface area contributed by atoms with Gasteiger partial charge in [0.05, 0.1) is 13.2 Å². The molecule has 0 spiro atoms. The first kappa shape index (κ1) is 9.31. The van der Waals surface area contributed by atoms with E-state index < -0.39 is 18.6 Å². The van der Waals surface area contributed by atoms with E-state index in [1.54, 1.807) is 7.05 Å². The van der Waals surface area contributed by atoms with E-state index in [2.05, 4.69) is 0 Å². The van der Waals surface area contributed by atoms with Gasteiger partial charge < -0.3 is 4.90 Å². The van der Waals surface area contributed by atoms with Crippen LogP contribution in [-0.2, 0) is 4.79 Å². The molecule has 0 unspecified atom stereocenters. The van der Waals surface area contributed by atoms with Crippen molar-refractivity contribution in [3.05, 3.63) is 0 Å². The maximum atomic E-state index is 11.8. The number of carbonyl (C=O) groups excluding carboxylic acids is 1. The number of amides is 1. The van der Waals surface area contributed by atoms with Gasteiger partial charge in [-0.05, 0) is 7.05 Å². The molecule has 70 valence electrons. The zero-order valence-corrected chi connectivity index (χ0v) is 6.56. The Morgan fingerprint density at radius 1 is 1.50 bits per heavy atom. The monoisotopic (exact) mass is 182 g/mol. The number of carbonyl (C=O) groups is 1. The molecule has 6 heteroatoms. The largest absolute Gasteiger partial charge is 0.406 e. The molecule has 1 aliphatic rings. The second kappa shape index (κ2) is 2.93. The molecular formula is C6H9F3N2O. The molecule has 1 rings (SSSR count). The topological polar surface area (TPSA) is 23.6 Å². The van der Waals surface area contributed by atoms with Crippen LogP contribution < -0.4 is 0 Å². The van der Waals surface area contributed by atoms with Crippen LogP contribution in [0.2, 0.25) is 0 Å². The van der Waals surface area contributed by atoms with Gasteiger partial charge in [0.2, 0.25) is 5.91 Å². The fraction of sp³-hybridized carbons (Fsp3) is 0.833. The summed E-state index contributed by atoms with van der Waals surface area (Å²) >= 11 is 0. The lowest BCUT2D eigenvalue weighted by Gasteiger charge is -2.17. The molecule has 0 atom stereocenters. The number of hydrogen-bond acceptors (Lipinski definition) is 2. The van der Waals surface area contributed by atoms with Crippen molar-refractivity contribution in [1.82, 2.24) is 9.80 Å². The van der Waals surface area contributed by atoms with Gasteiger partial charge in [-0.15, -0.1) is 0 Å². The van der Waals surface area contributed by atoms with Gasteiger partial charge in [0.15, 0.2) is 0 Å². The van der Waals surface area contributed by atoms with Gasteiger partial charge in [-0.25, -0.2) is 0 Å². The first-order valence-corrected chi connectivity index (χ1v) is 3.41. The van der Waals surface area contributed by atoms with E-state index in [0.29, 0.717) is 0 Å². The zero-order valence-electron chi connectivity index (χ0n) is 6.56. The number of nitrogens with zero attached hydrogens (tertiary/aromatic N) is 2. The third-order valence-corrected chi connectivity index (χ3v) is 1.54. The van der Waals surface area contributed by atoms with Crippen molar-refractivity contribution in [2.75, 3.05) is 26.8 Å². The Morgan fingerprint density at radius 3 is 2.42 bits per heavy atom. The number of rotatable bonds is 1. The zero-order chi connectivity index (χ0) is 9.35. The highest BCUT2D eigenvalue weighted by Gasteiger charge is 2.36. The molecule has 3 nitrogen and oxygen atoms in total. The summed E-state index contributed by atoms with van der Waals surface area (Å²) in [6.07, 6.45) is -4.29. The van der Waals surface area contributed by atoms with Gasteiger partial charge in [-0.2, -0.15) is 13.2 Å². The second-order valence-electron chi connectivity index (χ2n) is 2.86.